The van der Waals surface area contributed by atoms with Gasteiger partial charge in [-0.2, -0.15) is 0 Å². The van der Waals surface area contributed by atoms with E-state index in [1.54, 1.807) is 0 Å². The molecule has 0 fully saturated rings. The lowest BCUT2D eigenvalue weighted by Crippen LogP contribution is -2.12. The third-order valence-electron chi connectivity index (χ3n) is 2.52. The van der Waals surface area contributed by atoms with Gasteiger partial charge in [0.1, 0.15) is 11.5 Å². The molecule has 1 aromatic carbocycles. The Kier molecular flexibility index (Phi) is 4.36. The molecule has 0 aliphatic carbocycles. The second-order valence-electron chi connectivity index (χ2n) is 4.11. The van der Waals surface area contributed by atoms with Gasteiger partial charge < -0.3 is 14.6 Å². The van der Waals surface area contributed by atoms with E-state index in [1.165, 1.54) is 5.56 Å². The minimum absolute atomic E-state index is 0.690. The highest BCUT2D eigenvalue weighted by Crippen LogP contribution is 2.13. The summed E-state index contributed by atoms with van der Waals surface area (Å²) in [6.45, 7) is 6.05. The van der Waals surface area contributed by atoms with Gasteiger partial charge in [-0.3, -0.25) is 0 Å². The van der Waals surface area contributed by atoms with E-state index in [4.69, 9.17) is 9.26 Å². The summed E-state index contributed by atoms with van der Waals surface area (Å²) in [5.74, 6) is 1.75. The molecule has 1 aromatic heterocycles. The molecule has 4 heteroatoms. The van der Waals surface area contributed by atoms with Crippen LogP contribution in [0.1, 0.15) is 23.9 Å². The van der Waals surface area contributed by atoms with Gasteiger partial charge in [-0.25, -0.2) is 0 Å². The van der Waals surface area contributed by atoms with Gasteiger partial charge in [-0.1, -0.05) is 17.3 Å². The lowest BCUT2D eigenvalue weighted by atomic mass is 10.2. The smallest absolute Gasteiger partial charge is 0.133 e. The van der Waals surface area contributed by atoms with E-state index >= 15 is 0 Å². The van der Waals surface area contributed by atoms with E-state index in [-0.39, 0.29) is 0 Å². The number of rotatable bonds is 6. The summed E-state index contributed by atoms with van der Waals surface area (Å²) in [7, 11) is 0. The fraction of sp³-hybridized carbons (Fsp3) is 0.357. The number of benzene rings is 1. The monoisotopic (exact) mass is 246 g/mol. The van der Waals surface area contributed by atoms with Crippen molar-refractivity contribution in [1.82, 2.24) is 10.5 Å². The highest BCUT2D eigenvalue weighted by molar-refractivity contribution is 5.28. The number of aryl methyl sites for hydroxylation is 1. The normalized spacial score (nSPS) is 10.6. The number of nitrogens with zero attached hydrogens (tertiary/aromatic N) is 1. The maximum atomic E-state index is 5.46. The van der Waals surface area contributed by atoms with Gasteiger partial charge in [-0.05, 0) is 31.5 Å². The lowest BCUT2D eigenvalue weighted by molar-refractivity contribution is 0.340. The SMILES string of the molecule is CCOc1cccc(CNCc2cc(C)on2)c1. The molecule has 0 amide bonds. The number of hydrogen-bond donors (Lipinski definition) is 1. The van der Waals surface area contributed by atoms with Crippen LogP contribution in [0.5, 0.6) is 5.75 Å². The highest BCUT2D eigenvalue weighted by Gasteiger charge is 2.00. The summed E-state index contributed by atoms with van der Waals surface area (Å²) in [5, 5.41) is 7.25. The molecule has 0 bridgehead atoms. The van der Waals surface area contributed by atoms with Gasteiger partial charge in [0.15, 0.2) is 0 Å². The first-order valence-corrected chi connectivity index (χ1v) is 6.12. The van der Waals surface area contributed by atoms with Crippen molar-refractivity contribution < 1.29 is 9.26 Å². The van der Waals surface area contributed by atoms with Crippen molar-refractivity contribution in [3.05, 3.63) is 47.3 Å². The molecule has 0 aliphatic rings. The average Bonchev–Trinajstić information content (AvgIpc) is 2.76. The quantitative estimate of drug-likeness (QED) is 0.851. The summed E-state index contributed by atoms with van der Waals surface area (Å²) in [4.78, 5) is 0. The molecule has 0 saturated carbocycles. The summed E-state index contributed by atoms with van der Waals surface area (Å²) in [6.07, 6.45) is 0. The number of nitrogens with one attached hydrogen (secondary N) is 1. The van der Waals surface area contributed by atoms with Crippen LogP contribution in [0, 0.1) is 6.92 Å². The van der Waals surface area contributed by atoms with Crippen LogP contribution in [0.15, 0.2) is 34.9 Å². The van der Waals surface area contributed by atoms with E-state index < -0.39 is 0 Å². The zero-order valence-electron chi connectivity index (χ0n) is 10.8. The Bertz CT molecular complexity index is 494. The zero-order valence-corrected chi connectivity index (χ0v) is 10.8. The van der Waals surface area contributed by atoms with Gasteiger partial charge >= 0.3 is 0 Å². The van der Waals surface area contributed by atoms with Crippen LogP contribution >= 0.6 is 0 Å². The zero-order chi connectivity index (χ0) is 12.8. The van der Waals surface area contributed by atoms with E-state index in [1.807, 2.05) is 38.1 Å². The van der Waals surface area contributed by atoms with E-state index in [0.717, 1.165) is 23.7 Å². The summed E-state index contributed by atoms with van der Waals surface area (Å²) >= 11 is 0. The van der Waals surface area contributed by atoms with Crippen LogP contribution in [-0.4, -0.2) is 11.8 Å². The van der Waals surface area contributed by atoms with Gasteiger partial charge in [0.05, 0.1) is 12.3 Å². The molecule has 18 heavy (non-hydrogen) atoms. The Hall–Kier alpha value is -1.81. The van der Waals surface area contributed by atoms with Crippen LogP contribution in [0.2, 0.25) is 0 Å². The Balaban J connectivity index is 1.84. The van der Waals surface area contributed by atoms with Crippen molar-refractivity contribution in [3.8, 4) is 5.75 Å². The predicted molar refractivity (Wildman–Crippen MR) is 69.4 cm³/mol. The molecular weight excluding hydrogens is 228 g/mol. The Morgan fingerprint density at radius 3 is 2.89 bits per heavy atom. The molecular formula is C14H18N2O2. The second kappa shape index (κ2) is 6.21. The van der Waals surface area contributed by atoms with E-state index in [2.05, 4.69) is 16.5 Å². The third kappa shape index (κ3) is 3.60. The lowest BCUT2D eigenvalue weighted by Gasteiger charge is -2.06. The number of ether oxygens (including phenoxy) is 1. The fourth-order valence-electron chi connectivity index (χ4n) is 1.75. The molecule has 2 aromatic rings. The minimum atomic E-state index is 0.690. The molecule has 0 spiro atoms. The molecule has 0 atom stereocenters. The molecule has 0 radical (unpaired) electrons. The first-order chi connectivity index (χ1) is 8.78. The van der Waals surface area contributed by atoms with Crippen molar-refractivity contribution in [2.45, 2.75) is 26.9 Å². The minimum Gasteiger partial charge on any atom is -0.494 e. The van der Waals surface area contributed by atoms with Gasteiger partial charge in [0.25, 0.3) is 0 Å². The molecule has 0 unspecified atom stereocenters. The van der Waals surface area contributed by atoms with Gasteiger partial charge in [0.2, 0.25) is 0 Å². The third-order valence-corrected chi connectivity index (χ3v) is 2.52. The number of hydrogen-bond acceptors (Lipinski definition) is 4. The van der Waals surface area contributed by atoms with Crippen LogP contribution in [0.25, 0.3) is 0 Å². The first-order valence-electron chi connectivity index (χ1n) is 6.12. The fourth-order valence-corrected chi connectivity index (χ4v) is 1.75. The van der Waals surface area contributed by atoms with Crippen molar-refractivity contribution in [3.63, 3.8) is 0 Å². The van der Waals surface area contributed by atoms with Crippen molar-refractivity contribution in [2.24, 2.45) is 0 Å². The summed E-state index contributed by atoms with van der Waals surface area (Å²) in [6, 6.07) is 10.0. The second-order valence-corrected chi connectivity index (χ2v) is 4.11. The summed E-state index contributed by atoms with van der Waals surface area (Å²) < 4.78 is 10.5. The maximum Gasteiger partial charge on any atom is 0.133 e. The van der Waals surface area contributed by atoms with Gasteiger partial charge in [0, 0.05) is 19.2 Å². The molecule has 1 heterocycles. The number of aromatic nitrogens is 1. The van der Waals surface area contributed by atoms with Crippen LogP contribution in [0.4, 0.5) is 0 Å². The molecule has 0 saturated heterocycles. The van der Waals surface area contributed by atoms with Crippen molar-refractivity contribution in [2.75, 3.05) is 6.61 Å². The molecule has 1 N–H and O–H groups in total. The highest BCUT2D eigenvalue weighted by atomic mass is 16.5. The topological polar surface area (TPSA) is 47.3 Å². The Morgan fingerprint density at radius 1 is 1.28 bits per heavy atom. The maximum absolute atomic E-state index is 5.46. The molecule has 96 valence electrons. The largest absolute Gasteiger partial charge is 0.494 e. The Morgan fingerprint density at radius 2 is 2.17 bits per heavy atom. The standard InChI is InChI=1S/C14H18N2O2/c1-3-17-14-6-4-5-12(8-14)9-15-10-13-7-11(2)18-16-13/h4-8,15H,3,9-10H2,1-2H3. The Labute approximate surface area is 107 Å². The predicted octanol–water partition coefficient (Wildman–Crippen LogP) is 2.67. The van der Waals surface area contributed by atoms with Crippen LogP contribution < -0.4 is 10.1 Å². The molecule has 4 nitrogen and oxygen atoms in total. The van der Waals surface area contributed by atoms with Gasteiger partial charge in [-0.15, -0.1) is 0 Å². The van der Waals surface area contributed by atoms with E-state index in [9.17, 15) is 0 Å². The molecule has 2 rings (SSSR count). The van der Waals surface area contributed by atoms with Crippen molar-refractivity contribution in [1.29, 1.82) is 0 Å². The van der Waals surface area contributed by atoms with E-state index in [0.29, 0.717) is 13.2 Å². The van der Waals surface area contributed by atoms with Crippen LogP contribution in [0.3, 0.4) is 0 Å². The summed E-state index contributed by atoms with van der Waals surface area (Å²) in [5.41, 5.74) is 2.12. The first kappa shape index (κ1) is 12.6. The van der Waals surface area contributed by atoms with Crippen molar-refractivity contribution >= 4 is 0 Å². The molecule has 0 aliphatic heterocycles. The van der Waals surface area contributed by atoms with Crippen LogP contribution in [-0.2, 0) is 13.1 Å². The average molecular weight is 246 g/mol.